The van der Waals surface area contributed by atoms with E-state index >= 15 is 0 Å². The van der Waals surface area contributed by atoms with Crippen LogP contribution in [-0.2, 0) is 4.79 Å². The average Bonchev–Trinajstić information content (AvgIpc) is 2.89. The molecule has 2 heterocycles. The van der Waals surface area contributed by atoms with E-state index in [0.717, 1.165) is 31.7 Å². The molecule has 1 N–H and O–H groups in total. The predicted octanol–water partition coefficient (Wildman–Crippen LogP) is 1.73. The molecule has 2 aliphatic rings. The molecule has 0 saturated carbocycles. The summed E-state index contributed by atoms with van der Waals surface area (Å²) in [6.45, 7) is 2.02. The van der Waals surface area contributed by atoms with E-state index in [1.54, 1.807) is 0 Å². The minimum atomic E-state index is 0.315. The Balaban J connectivity index is 1.92. The molecular formula is C13H24N2OS. The summed E-state index contributed by atoms with van der Waals surface area (Å²) >= 11 is 1.93. The Morgan fingerprint density at radius 3 is 3.00 bits per heavy atom. The van der Waals surface area contributed by atoms with Crippen LogP contribution in [0, 0.1) is 5.92 Å². The fourth-order valence-electron chi connectivity index (χ4n) is 2.87. The summed E-state index contributed by atoms with van der Waals surface area (Å²) < 4.78 is 0. The van der Waals surface area contributed by atoms with E-state index in [1.165, 1.54) is 25.0 Å². The average molecular weight is 256 g/mol. The van der Waals surface area contributed by atoms with Gasteiger partial charge in [0.2, 0.25) is 5.91 Å². The van der Waals surface area contributed by atoms with Crippen LogP contribution in [0.15, 0.2) is 0 Å². The van der Waals surface area contributed by atoms with Crippen molar-refractivity contribution in [1.82, 2.24) is 10.2 Å². The number of nitrogens with one attached hydrogen (secondary N) is 1. The lowest BCUT2D eigenvalue weighted by Gasteiger charge is -2.37. The highest BCUT2D eigenvalue weighted by molar-refractivity contribution is 7.99. The Morgan fingerprint density at radius 2 is 2.29 bits per heavy atom. The van der Waals surface area contributed by atoms with Crippen molar-refractivity contribution in [3.8, 4) is 0 Å². The van der Waals surface area contributed by atoms with Gasteiger partial charge in [0.25, 0.3) is 0 Å². The molecule has 3 nitrogen and oxygen atoms in total. The summed E-state index contributed by atoms with van der Waals surface area (Å²) in [5, 5.41) is 3.20. The lowest BCUT2D eigenvalue weighted by molar-refractivity contribution is -0.138. The summed E-state index contributed by atoms with van der Waals surface area (Å²) in [7, 11) is 1.99. The third-order valence-corrected chi connectivity index (χ3v) is 5.08. The molecule has 2 saturated heterocycles. The van der Waals surface area contributed by atoms with E-state index in [9.17, 15) is 4.79 Å². The second-order valence-corrected chi connectivity index (χ2v) is 6.28. The molecule has 2 unspecified atom stereocenters. The molecule has 0 aromatic carbocycles. The molecule has 2 fully saturated rings. The van der Waals surface area contributed by atoms with E-state index in [0.29, 0.717) is 17.9 Å². The number of piperidine rings is 1. The Morgan fingerprint density at radius 1 is 1.41 bits per heavy atom. The molecule has 2 rings (SSSR count). The molecule has 0 radical (unpaired) electrons. The first-order valence-corrected chi connectivity index (χ1v) is 8.01. The number of hydrogen-bond donors (Lipinski definition) is 1. The summed E-state index contributed by atoms with van der Waals surface area (Å²) in [6.07, 6.45) is 5.90. The van der Waals surface area contributed by atoms with Gasteiger partial charge in [-0.05, 0) is 51.4 Å². The topological polar surface area (TPSA) is 32.3 Å². The molecular weight excluding hydrogens is 232 g/mol. The van der Waals surface area contributed by atoms with Crippen molar-refractivity contribution in [2.24, 2.45) is 5.92 Å². The van der Waals surface area contributed by atoms with Gasteiger partial charge in [0.05, 0.1) is 0 Å². The molecule has 2 aliphatic heterocycles. The fourth-order valence-corrected chi connectivity index (χ4v) is 4.08. The highest BCUT2D eigenvalue weighted by atomic mass is 32.2. The van der Waals surface area contributed by atoms with Gasteiger partial charge in [-0.1, -0.05) is 0 Å². The number of thioether (sulfide) groups is 1. The van der Waals surface area contributed by atoms with Crippen LogP contribution in [0.1, 0.15) is 32.1 Å². The van der Waals surface area contributed by atoms with Crippen LogP contribution >= 0.6 is 11.8 Å². The van der Waals surface area contributed by atoms with Crippen LogP contribution < -0.4 is 5.32 Å². The van der Waals surface area contributed by atoms with E-state index < -0.39 is 0 Å². The molecule has 1 amide bonds. The molecule has 0 spiro atoms. The van der Waals surface area contributed by atoms with E-state index in [1.807, 2.05) is 18.8 Å². The smallest absolute Gasteiger partial charge is 0.226 e. The SMILES string of the molecule is CNCCC1CCCCN1C(=O)C1CCSC1. The normalized spacial score (nSPS) is 29.6. The molecule has 0 bridgehead atoms. The zero-order valence-electron chi connectivity index (χ0n) is 10.8. The maximum atomic E-state index is 12.5. The molecule has 0 aliphatic carbocycles. The molecule has 17 heavy (non-hydrogen) atoms. The Bertz CT molecular complexity index is 254. The van der Waals surface area contributed by atoms with Crippen molar-refractivity contribution in [2.45, 2.75) is 38.1 Å². The first kappa shape index (κ1) is 13.2. The van der Waals surface area contributed by atoms with Gasteiger partial charge in [0, 0.05) is 24.3 Å². The molecule has 98 valence electrons. The zero-order valence-corrected chi connectivity index (χ0v) is 11.6. The third kappa shape index (κ3) is 3.38. The Labute approximate surface area is 109 Å². The molecule has 4 heteroatoms. The number of amides is 1. The van der Waals surface area contributed by atoms with Crippen molar-refractivity contribution in [3.05, 3.63) is 0 Å². The minimum absolute atomic E-state index is 0.315. The zero-order chi connectivity index (χ0) is 12.1. The van der Waals surface area contributed by atoms with Gasteiger partial charge in [-0.25, -0.2) is 0 Å². The van der Waals surface area contributed by atoms with Crippen molar-refractivity contribution in [1.29, 1.82) is 0 Å². The van der Waals surface area contributed by atoms with Crippen molar-refractivity contribution in [2.75, 3.05) is 31.6 Å². The fraction of sp³-hybridized carbons (Fsp3) is 0.923. The number of nitrogens with zero attached hydrogens (tertiary/aromatic N) is 1. The van der Waals surface area contributed by atoms with Gasteiger partial charge < -0.3 is 10.2 Å². The minimum Gasteiger partial charge on any atom is -0.339 e. The van der Waals surface area contributed by atoms with Gasteiger partial charge in [-0.3, -0.25) is 4.79 Å². The summed E-state index contributed by atoms with van der Waals surface area (Å²) in [5.41, 5.74) is 0. The van der Waals surface area contributed by atoms with Crippen LogP contribution in [0.3, 0.4) is 0 Å². The first-order chi connectivity index (χ1) is 8.33. The summed E-state index contributed by atoms with van der Waals surface area (Å²) in [5.74, 6) is 2.98. The van der Waals surface area contributed by atoms with Gasteiger partial charge in [-0.15, -0.1) is 0 Å². The highest BCUT2D eigenvalue weighted by Crippen LogP contribution is 2.28. The molecule has 0 aromatic rings. The van der Waals surface area contributed by atoms with Crippen LogP contribution in [0.25, 0.3) is 0 Å². The van der Waals surface area contributed by atoms with Crippen LogP contribution in [0.4, 0.5) is 0 Å². The Hall–Kier alpha value is -0.220. The van der Waals surface area contributed by atoms with Gasteiger partial charge in [0.1, 0.15) is 0 Å². The quantitative estimate of drug-likeness (QED) is 0.831. The second-order valence-electron chi connectivity index (χ2n) is 5.13. The number of likely N-dealkylation sites (tertiary alicyclic amines) is 1. The van der Waals surface area contributed by atoms with Gasteiger partial charge in [0.15, 0.2) is 0 Å². The van der Waals surface area contributed by atoms with Gasteiger partial charge >= 0.3 is 0 Å². The highest BCUT2D eigenvalue weighted by Gasteiger charge is 2.32. The molecule has 2 atom stereocenters. The van der Waals surface area contributed by atoms with Crippen LogP contribution in [0.5, 0.6) is 0 Å². The summed E-state index contributed by atoms with van der Waals surface area (Å²) in [6, 6.07) is 0.495. The van der Waals surface area contributed by atoms with Crippen molar-refractivity contribution in [3.63, 3.8) is 0 Å². The maximum Gasteiger partial charge on any atom is 0.226 e. The maximum absolute atomic E-state index is 12.5. The number of rotatable bonds is 4. The lowest BCUT2D eigenvalue weighted by Crippen LogP contribution is -2.47. The van der Waals surface area contributed by atoms with Crippen LogP contribution in [0.2, 0.25) is 0 Å². The van der Waals surface area contributed by atoms with E-state index in [4.69, 9.17) is 0 Å². The van der Waals surface area contributed by atoms with E-state index in [-0.39, 0.29) is 0 Å². The van der Waals surface area contributed by atoms with Crippen molar-refractivity contribution >= 4 is 17.7 Å². The predicted molar refractivity (Wildman–Crippen MR) is 73.3 cm³/mol. The number of carbonyl (C=O) groups is 1. The Kier molecular flexibility index (Phi) is 5.16. The van der Waals surface area contributed by atoms with Crippen molar-refractivity contribution < 1.29 is 4.79 Å². The van der Waals surface area contributed by atoms with Crippen LogP contribution in [-0.4, -0.2) is 48.5 Å². The lowest BCUT2D eigenvalue weighted by atomic mass is 9.96. The standard InChI is InChI=1S/C13H24N2OS/c1-14-7-5-12-4-2-3-8-15(12)13(16)11-6-9-17-10-11/h11-12,14H,2-10H2,1H3. The third-order valence-electron chi connectivity index (χ3n) is 3.92. The summed E-state index contributed by atoms with van der Waals surface area (Å²) in [4.78, 5) is 14.7. The van der Waals surface area contributed by atoms with E-state index in [2.05, 4.69) is 10.2 Å². The monoisotopic (exact) mass is 256 g/mol. The number of hydrogen-bond acceptors (Lipinski definition) is 3. The second kappa shape index (κ2) is 6.64. The molecule has 0 aromatic heterocycles. The number of carbonyl (C=O) groups excluding carboxylic acids is 1. The largest absolute Gasteiger partial charge is 0.339 e. The first-order valence-electron chi connectivity index (χ1n) is 6.85. The van der Waals surface area contributed by atoms with Gasteiger partial charge in [-0.2, -0.15) is 11.8 Å².